The van der Waals surface area contributed by atoms with Crippen LogP contribution in [0.15, 0.2) is 18.2 Å². The minimum Gasteiger partial charge on any atom is -0.369 e. The maximum absolute atomic E-state index is 14.0. The molecule has 1 aliphatic rings. The average Bonchev–Trinajstić information content (AvgIpc) is 2.64. The molecule has 2 rings (SSSR count). The van der Waals surface area contributed by atoms with E-state index in [2.05, 4.69) is 11.8 Å². The van der Waals surface area contributed by atoms with Crippen LogP contribution in [0.3, 0.4) is 0 Å². The van der Waals surface area contributed by atoms with Crippen LogP contribution < -0.4 is 10.6 Å². The Balaban J connectivity index is 2.14. The Bertz CT molecular complexity index is 390. The summed E-state index contributed by atoms with van der Waals surface area (Å²) in [5.41, 5.74) is 7.44. The summed E-state index contributed by atoms with van der Waals surface area (Å²) < 4.78 is 14.0. The third-order valence-electron chi connectivity index (χ3n) is 3.33. The van der Waals surface area contributed by atoms with Crippen LogP contribution in [0.5, 0.6) is 0 Å². The molecule has 1 aromatic carbocycles. The number of nitrogens with zero attached hydrogens (tertiary/aromatic N) is 1. The Labute approximate surface area is 103 Å². The molecule has 1 aliphatic heterocycles. The van der Waals surface area contributed by atoms with E-state index < -0.39 is 0 Å². The molecule has 0 radical (unpaired) electrons. The fourth-order valence-electron chi connectivity index (χ4n) is 2.46. The Hall–Kier alpha value is -1.09. The van der Waals surface area contributed by atoms with Crippen molar-refractivity contribution in [1.82, 2.24) is 0 Å². The number of benzene rings is 1. The summed E-state index contributed by atoms with van der Waals surface area (Å²) in [5, 5.41) is 0. The van der Waals surface area contributed by atoms with Crippen LogP contribution in [0.4, 0.5) is 10.1 Å². The number of hydrogen-bond donors (Lipinski definition) is 1. The normalized spacial score (nSPS) is 21.9. The van der Waals surface area contributed by atoms with Crippen molar-refractivity contribution in [2.24, 2.45) is 11.7 Å². The number of nitrogens with two attached hydrogens (primary N) is 1. The van der Waals surface area contributed by atoms with E-state index in [0.717, 1.165) is 37.2 Å². The predicted octanol–water partition coefficient (Wildman–Crippen LogP) is 2.56. The zero-order valence-corrected chi connectivity index (χ0v) is 10.6. The van der Waals surface area contributed by atoms with Crippen LogP contribution in [0.2, 0.25) is 0 Å². The van der Waals surface area contributed by atoms with Crippen molar-refractivity contribution in [3.05, 3.63) is 29.6 Å². The lowest BCUT2D eigenvalue weighted by molar-refractivity contribution is 0.615. The molecule has 1 fully saturated rings. The van der Waals surface area contributed by atoms with Gasteiger partial charge in [0.1, 0.15) is 5.82 Å². The summed E-state index contributed by atoms with van der Waals surface area (Å²) in [6.45, 7) is 6.07. The van der Waals surface area contributed by atoms with Gasteiger partial charge in [0.15, 0.2) is 0 Å². The quantitative estimate of drug-likeness (QED) is 0.874. The zero-order chi connectivity index (χ0) is 12.4. The van der Waals surface area contributed by atoms with Crippen LogP contribution in [-0.4, -0.2) is 19.1 Å². The van der Waals surface area contributed by atoms with Gasteiger partial charge in [-0.05, 0) is 43.4 Å². The molecule has 0 saturated carbocycles. The first-order valence-electron chi connectivity index (χ1n) is 6.35. The highest BCUT2D eigenvalue weighted by Gasteiger charge is 2.21. The summed E-state index contributed by atoms with van der Waals surface area (Å²) in [6, 6.07) is 5.59. The van der Waals surface area contributed by atoms with Gasteiger partial charge in [-0.25, -0.2) is 4.39 Å². The van der Waals surface area contributed by atoms with Crippen LogP contribution in [0.25, 0.3) is 0 Å². The molecule has 0 amide bonds. The van der Waals surface area contributed by atoms with Crippen molar-refractivity contribution in [3.8, 4) is 0 Å². The molecule has 2 unspecified atom stereocenters. The van der Waals surface area contributed by atoms with Crippen LogP contribution in [-0.2, 0) is 6.42 Å². The molecule has 0 aromatic heterocycles. The second kappa shape index (κ2) is 5.05. The summed E-state index contributed by atoms with van der Waals surface area (Å²) in [7, 11) is 0. The molecule has 2 N–H and O–H groups in total. The second-order valence-corrected chi connectivity index (χ2v) is 5.31. The van der Waals surface area contributed by atoms with Gasteiger partial charge in [-0.2, -0.15) is 0 Å². The van der Waals surface area contributed by atoms with Crippen LogP contribution >= 0.6 is 0 Å². The van der Waals surface area contributed by atoms with Crippen molar-refractivity contribution in [2.45, 2.75) is 32.7 Å². The van der Waals surface area contributed by atoms with E-state index in [-0.39, 0.29) is 11.9 Å². The number of rotatable bonds is 3. The van der Waals surface area contributed by atoms with Gasteiger partial charge in [-0.1, -0.05) is 13.0 Å². The maximum atomic E-state index is 14.0. The SMILES string of the molecule is CC(N)Cc1ccc(N2CCC(C)C2)c(F)c1. The summed E-state index contributed by atoms with van der Waals surface area (Å²) in [6.07, 6.45) is 1.88. The number of halogens is 1. The molecule has 1 saturated heterocycles. The molecule has 2 nitrogen and oxygen atoms in total. The smallest absolute Gasteiger partial charge is 0.146 e. The fourth-order valence-corrected chi connectivity index (χ4v) is 2.46. The summed E-state index contributed by atoms with van der Waals surface area (Å²) in [4.78, 5) is 2.13. The first kappa shape index (κ1) is 12.4. The highest BCUT2D eigenvalue weighted by atomic mass is 19.1. The van der Waals surface area contributed by atoms with E-state index in [1.807, 2.05) is 19.1 Å². The molecule has 1 aromatic rings. The van der Waals surface area contributed by atoms with Crippen molar-refractivity contribution in [3.63, 3.8) is 0 Å². The van der Waals surface area contributed by atoms with Gasteiger partial charge in [-0.15, -0.1) is 0 Å². The van der Waals surface area contributed by atoms with E-state index in [0.29, 0.717) is 5.92 Å². The molecule has 94 valence electrons. The van der Waals surface area contributed by atoms with Gasteiger partial charge < -0.3 is 10.6 Å². The van der Waals surface area contributed by atoms with E-state index in [9.17, 15) is 4.39 Å². The largest absolute Gasteiger partial charge is 0.369 e. The van der Waals surface area contributed by atoms with Crippen molar-refractivity contribution in [1.29, 1.82) is 0 Å². The molecule has 3 heteroatoms. The minimum absolute atomic E-state index is 0.0760. The van der Waals surface area contributed by atoms with E-state index in [1.54, 1.807) is 6.07 Å². The number of anilines is 1. The lowest BCUT2D eigenvalue weighted by atomic mass is 10.1. The Morgan fingerprint density at radius 2 is 2.29 bits per heavy atom. The Kier molecular flexibility index (Phi) is 3.67. The predicted molar refractivity (Wildman–Crippen MR) is 69.7 cm³/mol. The highest BCUT2D eigenvalue weighted by molar-refractivity contribution is 5.50. The Morgan fingerprint density at radius 1 is 1.53 bits per heavy atom. The molecule has 17 heavy (non-hydrogen) atoms. The molecule has 0 spiro atoms. The average molecular weight is 236 g/mol. The van der Waals surface area contributed by atoms with Crippen molar-refractivity contribution < 1.29 is 4.39 Å². The molecular formula is C14H21FN2. The third kappa shape index (κ3) is 2.97. The molecular weight excluding hydrogens is 215 g/mol. The number of hydrogen-bond acceptors (Lipinski definition) is 2. The zero-order valence-electron chi connectivity index (χ0n) is 10.6. The lowest BCUT2D eigenvalue weighted by Gasteiger charge is -2.19. The van der Waals surface area contributed by atoms with Gasteiger partial charge in [0.25, 0.3) is 0 Å². The van der Waals surface area contributed by atoms with Gasteiger partial charge in [0, 0.05) is 19.1 Å². The third-order valence-corrected chi connectivity index (χ3v) is 3.33. The van der Waals surface area contributed by atoms with Crippen LogP contribution in [0.1, 0.15) is 25.8 Å². The maximum Gasteiger partial charge on any atom is 0.146 e. The highest BCUT2D eigenvalue weighted by Crippen LogP contribution is 2.26. The van der Waals surface area contributed by atoms with Gasteiger partial charge in [0.05, 0.1) is 5.69 Å². The van der Waals surface area contributed by atoms with Gasteiger partial charge >= 0.3 is 0 Å². The molecule has 1 heterocycles. The van der Waals surface area contributed by atoms with Crippen molar-refractivity contribution in [2.75, 3.05) is 18.0 Å². The topological polar surface area (TPSA) is 29.3 Å². The van der Waals surface area contributed by atoms with Gasteiger partial charge in [-0.3, -0.25) is 0 Å². The summed E-state index contributed by atoms with van der Waals surface area (Å²) in [5.74, 6) is 0.551. The minimum atomic E-state index is -0.114. The monoisotopic (exact) mass is 236 g/mol. The lowest BCUT2D eigenvalue weighted by Crippen LogP contribution is -2.21. The fraction of sp³-hybridized carbons (Fsp3) is 0.571. The van der Waals surface area contributed by atoms with Gasteiger partial charge in [0.2, 0.25) is 0 Å². The van der Waals surface area contributed by atoms with Crippen molar-refractivity contribution >= 4 is 5.69 Å². The molecule has 0 bridgehead atoms. The standard InChI is InChI=1S/C14H21FN2/c1-10-5-6-17(9-10)14-4-3-12(7-11(2)16)8-13(14)15/h3-4,8,10-11H,5-7,9,16H2,1-2H3. The van der Waals surface area contributed by atoms with E-state index in [4.69, 9.17) is 5.73 Å². The van der Waals surface area contributed by atoms with Crippen LogP contribution in [0, 0.1) is 11.7 Å². The molecule has 2 atom stereocenters. The van der Waals surface area contributed by atoms with E-state index in [1.165, 1.54) is 0 Å². The first-order valence-corrected chi connectivity index (χ1v) is 6.35. The second-order valence-electron chi connectivity index (χ2n) is 5.31. The first-order chi connectivity index (χ1) is 8.06. The van der Waals surface area contributed by atoms with E-state index >= 15 is 0 Å². The summed E-state index contributed by atoms with van der Waals surface area (Å²) >= 11 is 0. The molecule has 0 aliphatic carbocycles. The Morgan fingerprint density at radius 3 is 2.82 bits per heavy atom.